The maximum atomic E-state index is 11.4. The fourth-order valence-corrected chi connectivity index (χ4v) is 2.29. The van der Waals surface area contributed by atoms with Gasteiger partial charge in [-0.15, -0.1) is 0 Å². The van der Waals surface area contributed by atoms with Crippen LogP contribution in [0.2, 0.25) is 0 Å². The van der Waals surface area contributed by atoms with Gasteiger partial charge in [0.15, 0.2) is 0 Å². The average molecular weight is 328 g/mol. The number of hydrogen-bond acceptors (Lipinski definition) is 5. The van der Waals surface area contributed by atoms with Gasteiger partial charge in [0.2, 0.25) is 0 Å². The molecule has 0 saturated heterocycles. The van der Waals surface area contributed by atoms with E-state index in [1.54, 1.807) is 6.92 Å². The smallest absolute Gasteiger partial charge is 0.313 e. The van der Waals surface area contributed by atoms with E-state index in [0.717, 1.165) is 6.20 Å². The molecule has 1 heterocycles. The van der Waals surface area contributed by atoms with E-state index in [0.29, 0.717) is 0 Å². The zero-order valence-electron chi connectivity index (χ0n) is 12.2. The number of carboxylic acids is 4. The van der Waals surface area contributed by atoms with Crippen molar-refractivity contribution in [3.05, 3.63) is 17.5 Å². The van der Waals surface area contributed by atoms with Crippen molar-refractivity contribution in [2.75, 3.05) is 0 Å². The first-order valence-electron chi connectivity index (χ1n) is 6.63. The lowest BCUT2D eigenvalue weighted by Gasteiger charge is -2.17. The van der Waals surface area contributed by atoms with Gasteiger partial charge in [0, 0.05) is 12.1 Å². The Morgan fingerprint density at radius 3 is 1.87 bits per heavy atom. The van der Waals surface area contributed by atoms with E-state index in [4.69, 9.17) is 10.2 Å². The Balaban J connectivity index is 3.46. The molecule has 1 aromatic heterocycles. The summed E-state index contributed by atoms with van der Waals surface area (Å²) in [5, 5.41) is 40.1. The summed E-state index contributed by atoms with van der Waals surface area (Å²) in [5.74, 6) is -8.71. The topological polar surface area (TPSA) is 167 Å². The first-order valence-corrected chi connectivity index (χ1v) is 6.63. The molecule has 10 heteroatoms. The van der Waals surface area contributed by atoms with Crippen molar-refractivity contribution in [2.45, 2.75) is 38.1 Å². The molecular formula is C13H16N2O8. The molecule has 2 atom stereocenters. The second kappa shape index (κ2) is 7.38. The third kappa shape index (κ3) is 4.28. The molecule has 0 aliphatic rings. The zero-order chi connectivity index (χ0) is 17.7. The van der Waals surface area contributed by atoms with E-state index in [-0.39, 0.29) is 17.8 Å². The number of carbonyl (C=O) groups is 4. The molecule has 0 amide bonds. The lowest BCUT2D eigenvalue weighted by Crippen LogP contribution is -2.24. The van der Waals surface area contributed by atoms with Crippen molar-refractivity contribution in [3.8, 4) is 0 Å². The largest absolute Gasteiger partial charge is 0.481 e. The second-order valence-electron chi connectivity index (χ2n) is 4.78. The van der Waals surface area contributed by atoms with Crippen molar-refractivity contribution in [1.29, 1.82) is 0 Å². The van der Waals surface area contributed by atoms with E-state index < -0.39 is 48.6 Å². The minimum absolute atomic E-state index is 0.101. The molecular weight excluding hydrogens is 312 g/mol. The van der Waals surface area contributed by atoms with Crippen LogP contribution >= 0.6 is 0 Å². The molecule has 10 nitrogen and oxygen atoms in total. The van der Waals surface area contributed by atoms with Crippen LogP contribution in [0.15, 0.2) is 6.20 Å². The number of aryl methyl sites for hydroxylation is 1. The summed E-state index contributed by atoms with van der Waals surface area (Å²) in [6.07, 6.45) is -0.455. The maximum Gasteiger partial charge on any atom is 0.313 e. The molecule has 4 N–H and O–H groups in total. The Labute approximate surface area is 130 Å². The summed E-state index contributed by atoms with van der Waals surface area (Å²) >= 11 is 0. The minimum atomic E-state index is -1.53. The van der Waals surface area contributed by atoms with Crippen molar-refractivity contribution in [2.24, 2.45) is 0 Å². The molecule has 1 rings (SSSR count). The molecule has 126 valence electrons. The van der Waals surface area contributed by atoms with Crippen molar-refractivity contribution < 1.29 is 39.6 Å². The van der Waals surface area contributed by atoms with E-state index in [1.807, 2.05) is 0 Å². The van der Waals surface area contributed by atoms with Crippen LogP contribution in [-0.4, -0.2) is 54.1 Å². The van der Waals surface area contributed by atoms with E-state index in [9.17, 15) is 29.4 Å². The summed E-state index contributed by atoms with van der Waals surface area (Å²) in [5.41, 5.74) is -0.202. The van der Waals surface area contributed by atoms with Gasteiger partial charge in [0.25, 0.3) is 0 Å². The molecule has 0 aliphatic heterocycles. The highest BCUT2D eigenvalue weighted by Crippen LogP contribution is 2.31. The van der Waals surface area contributed by atoms with Crippen LogP contribution in [0, 0.1) is 0 Å². The summed E-state index contributed by atoms with van der Waals surface area (Å²) < 4.78 is 1.18. The third-order valence-electron chi connectivity index (χ3n) is 3.27. The summed E-state index contributed by atoms with van der Waals surface area (Å²) in [7, 11) is 0. The highest BCUT2D eigenvalue weighted by Gasteiger charge is 2.35. The molecule has 0 bridgehead atoms. The van der Waals surface area contributed by atoms with E-state index in [2.05, 4.69) is 5.10 Å². The van der Waals surface area contributed by atoms with Crippen LogP contribution in [0.4, 0.5) is 0 Å². The first kappa shape index (κ1) is 18.1. The van der Waals surface area contributed by atoms with Gasteiger partial charge < -0.3 is 20.4 Å². The summed E-state index contributed by atoms with van der Waals surface area (Å²) in [6, 6.07) is 0. The monoisotopic (exact) mass is 328 g/mol. The lowest BCUT2D eigenvalue weighted by atomic mass is 9.89. The quantitative estimate of drug-likeness (QED) is 0.494. The Morgan fingerprint density at radius 1 is 1.00 bits per heavy atom. The summed E-state index contributed by atoms with van der Waals surface area (Å²) in [4.78, 5) is 44.5. The zero-order valence-corrected chi connectivity index (χ0v) is 12.2. The number of aliphatic carboxylic acids is 4. The fourth-order valence-electron chi connectivity index (χ4n) is 2.29. The van der Waals surface area contributed by atoms with Crippen LogP contribution in [0.25, 0.3) is 0 Å². The minimum Gasteiger partial charge on any atom is -0.481 e. The molecule has 0 spiro atoms. The average Bonchev–Trinajstić information content (AvgIpc) is 2.84. The molecule has 0 radical (unpaired) electrons. The van der Waals surface area contributed by atoms with E-state index in [1.165, 1.54) is 4.68 Å². The predicted molar refractivity (Wildman–Crippen MR) is 73.2 cm³/mol. The van der Waals surface area contributed by atoms with Gasteiger partial charge in [0.05, 0.1) is 30.7 Å². The molecule has 0 fully saturated rings. The number of rotatable bonds is 9. The van der Waals surface area contributed by atoms with Gasteiger partial charge >= 0.3 is 23.9 Å². The van der Waals surface area contributed by atoms with Gasteiger partial charge in [-0.05, 0) is 6.92 Å². The standard InChI is InChI=1S/C13H16N2O8/c1-2-15-11(7(13(22)23)4-10(18)19)8(5-14-15)6(12(20)21)3-9(16)17/h5-7H,2-4H2,1H3,(H,16,17)(H,18,19)(H,20,21)(H,22,23). The Kier molecular flexibility index (Phi) is 5.82. The number of aromatic nitrogens is 2. The number of nitrogens with zero attached hydrogens (tertiary/aromatic N) is 2. The summed E-state index contributed by atoms with van der Waals surface area (Å²) in [6.45, 7) is 1.80. The Morgan fingerprint density at radius 2 is 1.48 bits per heavy atom. The molecule has 0 aliphatic carbocycles. The molecule has 2 unspecified atom stereocenters. The SMILES string of the molecule is CCn1ncc(C(CC(=O)O)C(=O)O)c1C(CC(=O)O)C(=O)O. The fraction of sp³-hybridized carbons (Fsp3) is 0.462. The normalized spacial score (nSPS) is 13.3. The molecule has 0 saturated carbocycles. The van der Waals surface area contributed by atoms with Gasteiger partial charge in [-0.25, -0.2) is 0 Å². The van der Waals surface area contributed by atoms with Crippen molar-refractivity contribution in [1.82, 2.24) is 9.78 Å². The molecule has 0 aromatic carbocycles. The first-order chi connectivity index (χ1) is 10.7. The highest BCUT2D eigenvalue weighted by atomic mass is 16.4. The van der Waals surface area contributed by atoms with Crippen LogP contribution in [0.3, 0.4) is 0 Å². The van der Waals surface area contributed by atoms with Crippen molar-refractivity contribution >= 4 is 23.9 Å². The van der Waals surface area contributed by atoms with Crippen LogP contribution in [0.1, 0.15) is 42.9 Å². The van der Waals surface area contributed by atoms with Crippen LogP contribution in [-0.2, 0) is 25.7 Å². The van der Waals surface area contributed by atoms with Gasteiger partial charge in [-0.1, -0.05) is 0 Å². The Hall–Kier alpha value is -2.91. The predicted octanol–water partition coefficient (Wildman–Crippen LogP) is 0.189. The number of carboxylic acid groups (broad SMARTS) is 4. The molecule has 23 heavy (non-hydrogen) atoms. The Bertz CT molecular complexity index is 636. The number of hydrogen-bond donors (Lipinski definition) is 4. The van der Waals surface area contributed by atoms with Crippen LogP contribution in [0.5, 0.6) is 0 Å². The van der Waals surface area contributed by atoms with Crippen molar-refractivity contribution in [3.63, 3.8) is 0 Å². The van der Waals surface area contributed by atoms with Gasteiger partial charge in [0.1, 0.15) is 5.92 Å². The van der Waals surface area contributed by atoms with Gasteiger partial charge in [-0.2, -0.15) is 5.10 Å². The maximum absolute atomic E-state index is 11.4. The second-order valence-corrected chi connectivity index (χ2v) is 4.78. The van der Waals surface area contributed by atoms with E-state index >= 15 is 0 Å². The molecule has 1 aromatic rings. The highest BCUT2D eigenvalue weighted by molar-refractivity contribution is 5.85. The third-order valence-corrected chi connectivity index (χ3v) is 3.27. The van der Waals surface area contributed by atoms with Crippen LogP contribution < -0.4 is 0 Å². The lowest BCUT2D eigenvalue weighted by molar-refractivity contribution is -0.146. The van der Waals surface area contributed by atoms with Gasteiger partial charge in [-0.3, -0.25) is 23.9 Å².